The standard InChI is InChI=1S/C16H15Cl2N/c17-14-6-5-13(9-15(14)18)16(19)8-7-11-3-1-2-4-12(11)10-16/h1-6,9H,7-8,10,19H2. The van der Waals surface area contributed by atoms with Crippen molar-refractivity contribution in [2.45, 2.75) is 24.8 Å². The lowest BCUT2D eigenvalue weighted by atomic mass is 9.74. The zero-order valence-corrected chi connectivity index (χ0v) is 12.0. The Morgan fingerprint density at radius 1 is 0.947 bits per heavy atom. The topological polar surface area (TPSA) is 26.0 Å². The minimum absolute atomic E-state index is 0.345. The molecule has 2 aromatic rings. The molecule has 1 aliphatic rings. The van der Waals surface area contributed by atoms with Crippen LogP contribution >= 0.6 is 23.2 Å². The summed E-state index contributed by atoms with van der Waals surface area (Å²) in [4.78, 5) is 0. The molecule has 1 unspecified atom stereocenters. The highest BCUT2D eigenvalue weighted by atomic mass is 35.5. The minimum Gasteiger partial charge on any atom is -0.321 e. The Kier molecular flexibility index (Phi) is 3.30. The Labute approximate surface area is 123 Å². The first-order valence-electron chi connectivity index (χ1n) is 6.40. The van der Waals surface area contributed by atoms with E-state index in [1.54, 1.807) is 0 Å². The van der Waals surface area contributed by atoms with Gasteiger partial charge < -0.3 is 5.73 Å². The van der Waals surface area contributed by atoms with Gasteiger partial charge >= 0.3 is 0 Å². The molecule has 0 bridgehead atoms. The molecule has 1 atom stereocenters. The van der Waals surface area contributed by atoms with Gasteiger partial charge in [-0.2, -0.15) is 0 Å². The van der Waals surface area contributed by atoms with Crippen molar-refractivity contribution in [1.29, 1.82) is 0 Å². The van der Waals surface area contributed by atoms with E-state index in [0.717, 1.165) is 24.8 Å². The molecule has 3 heteroatoms. The number of aryl methyl sites for hydroxylation is 1. The maximum absolute atomic E-state index is 6.61. The minimum atomic E-state index is -0.345. The number of fused-ring (bicyclic) bond motifs is 1. The summed E-state index contributed by atoms with van der Waals surface area (Å²) in [5, 5.41) is 1.15. The van der Waals surface area contributed by atoms with Gasteiger partial charge in [0, 0.05) is 5.54 Å². The predicted octanol–water partition coefficient (Wildman–Crippen LogP) is 4.34. The van der Waals surface area contributed by atoms with Crippen LogP contribution in [0.2, 0.25) is 10.0 Å². The molecule has 0 saturated heterocycles. The van der Waals surface area contributed by atoms with Gasteiger partial charge in [0.25, 0.3) is 0 Å². The van der Waals surface area contributed by atoms with Crippen molar-refractivity contribution in [3.05, 3.63) is 69.2 Å². The Bertz CT molecular complexity index is 624. The molecule has 0 spiro atoms. The molecule has 3 rings (SSSR count). The van der Waals surface area contributed by atoms with E-state index in [1.165, 1.54) is 11.1 Å². The van der Waals surface area contributed by atoms with Crippen molar-refractivity contribution < 1.29 is 0 Å². The molecule has 0 amide bonds. The van der Waals surface area contributed by atoms with Crippen LogP contribution in [0.1, 0.15) is 23.1 Å². The van der Waals surface area contributed by atoms with E-state index < -0.39 is 0 Å². The van der Waals surface area contributed by atoms with Crippen LogP contribution in [0.25, 0.3) is 0 Å². The van der Waals surface area contributed by atoms with Gasteiger partial charge in [0.15, 0.2) is 0 Å². The second-order valence-corrected chi connectivity index (χ2v) is 6.04. The molecule has 1 aliphatic carbocycles. The van der Waals surface area contributed by atoms with Crippen LogP contribution in [0.15, 0.2) is 42.5 Å². The first-order valence-corrected chi connectivity index (χ1v) is 7.15. The highest BCUT2D eigenvalue weighted by Crippen LogP contribution is 2.36. The molecule has 2 N–H and O–H groups in total. The summed E-state index contributed by atoms with van der Waals surface area (Å²) < 4.78 is 0. The van der Waals surface area contributed by atoms with Gasteiger partial charge in [0.1, 0.15) is 0 Å². The zero-order valence-electron chi connectivity index (χ0n) is 10.5. The summed E-state index contributed by atoms with van der Waals surface area (Å²) in [5.74, 6) is 0. The SMILES string of the molecule is NC1(c2ccc(Cl)c(Cl)c2)CCc2ccccc2C1. The molecule has 0 saturated carbocycles. The molecular formula is C16H15Cl2N. The van der Waals surface area contributed by atoms with Gasteiger partial charge in [0.2, 0.25) is 0 Å². The second kappa shape index (κ2) is 4.82. The quantitative estimate of drug-likeness (QED) is 0.831. The molecule has 19 heavy (non-hydrogen) atoms. The largest absolute Gasteiger partial charge is 0.321 e. The van der Waals surface area contributed by atoms with Gasteiger partial charge in [-0.3, -0.25) is 0 Å². The van der Waals surface area contributed by atoms with Crippen LogP contribution in [0, 0.1) is 0 Å². The van der Waals surface area contributed by atoms with E-state index in [0.29, 0.717) is 10.0 Å². The lowest BCUT2D eigenvalue weighted by molar-refractivity contribution is 0.385. The highest BCUT2D eigenvalue weighted by Gasteiger charge is 2.32. The molecule has 0 aliphatic heterocycles. The number of benzene rings is 2. The van der Waals surface area contributed by atoms with E-state index in [2.05, 4.69) is 24.3 Å². The number of hydrogen-bond donors (Lipinski definition) is 1. The lowest BCUT2D eigenvalue weighted by Gasteiger charge is -2.35. The Hall–Kier alpha value is -1.02. The summed E-state index contributed by atoms with van der Waals surface area (Å²) in [6.07, 6.45) is 2.79. The monoisotopic (exact) mass is 291 g/mol. The summed E-state index contributed by atoms with van der Waals surface area (Å²) in [6.45, 7) is 0. The number of rotatable bonds is 1. The van der Waals surface area contributed by atoms with Crippen LogP contribution in [-0.2, 0) is 18.4 Å². The van der Waals surface area contributed by atoms with Gasteiger partial charge in [-0.15, -0.1) is 0 Å². The summed E-state index contributed by atoms with van der Waals surface area (Å²) in [6, 6.07) is 14.2. The van der Waals surface area contributed by atoms with Crippen molar-refractivity contribution in [3.8, 4) is 0 Å². The first kappa shape index (κ1) is 13.0. The third kappa shape index (κ3) is 2.38. The lowest BCUT2D eigenvalue weighted by Crippen LogP contribution is -2.42. The number of halogens is 2. The molecule has 98 valence electrons. The first-order chi connectivity index (χ1) is 9.08. The maximum atomic E-state index is 6.61. The van der Waals surface area contributed by atoms with E-state index in [4.69, 9.17) is 28.9 Å². The normalized spacial score (nSPS) is 22.1. The van der Waals surface area contributed by atoms with Gasteiger partial charge in [-0.05, 0) is 48.1 Å². The Balaban J connectivity index is 1.99. The van der Waals surface area contributed by atoms with Crippen molar-refractivity contribution in [2.75, 3.05) is 0 Å². The third-order valence-corrected chi connectivity index (χ3v) is 4.70. The second-order valence-electron chi connectivity index (χ2n) is 5.23. The smallest absolute Gasteiger partial charge is 0.0595 e. The average molecular weight is 292 g/mol. The van der Waals surface area contributed by atoms with Gasteiger partial charge in [-0.25, -0.2) is 0 Å². The fraction of sp³-hybridized carbons (Fsp3) is 0.250. The van der Waals surface area contributed by atoms with Crippen LogP contribution < -0.4 is 5.73 Å². The van der Waals surface area contributed by atoms with Crippen LogP contribution in [0.5, 0.6) is 0 Å². The average Bonchev–Trinajstić information content (AvgIpc) is 2.41. The Morgan fingerprint density at radius 2 is 1.68 bits per heavy atom. The van der Waals surface area contributed by atoms with Gasteiger partial charge in [-0.1, -0.05) is 53.5 Å². The van der Waals surface area contributed by atoms with Crippen LogP contribution in [-0.4, -0.2) is 0 Å². The van der Waals surface area contributed by atoms with Gasteiger partial charge in [0.05, 0.1) is 10.0 Å². The van der Waals surface area contributed by atoms with E-state index in [9.17, 15) is 0 Å². The highest BCUT2D eigenvalue weighted by molar-refractivity contribution is 6.42. The van der Waals surface area contributed by atoms with E-state index >= 15 is 0 Å². The molecule has 0 fully saturated rings. The fourth-order valence-corrected chi connectivity index (χ4v) is 3.11. The number of nitrogens with two attached hydrogens (primary N) is 1. The van der Waals surface area contributed by atoms with Crippen molar-refractivity contribution in [3.63, 3.8) is 0 Å². The molecular weight excluding hydrogens is 277 g/mol. The number of hydrogen-bond acceptors (Lipinski definition) is 1. The predicted molar refractivity (Wildman–Crippen MR) is 80.8 cm³/mol. The molecule has 1 nitrogen and oxygen atoms in total. The fourth-order valence-electron chi connectivity index (χ4n) is 2.81. The van der Waals surface area contributed by atoms with Crippen LogP contribution in [0.4, 0.5) is 0 Å². The molecule has 0 heterocycles. The van der Waals surface area contributed by atoms with Crippen LogP contribution in [0.3, 0.4) is 0 Å². The van der Waals surface area contributed by atoms with Crippen molar-refractivity contribution in [2.24, 2.45) is 5.73 Å². The zero-order chi connectivity index (χ0) is 13.5. The molecule has 2 aromatic carbocycles. The summed E-state index contributed by atoms with van der Waals surface area (Å²) in [7, 11) is 0. The maximum Gasteiger partial charge on any atom is 0.0595 e. The van der Waals surface area contributed by atoms with Crippen molar-refractivity contribution >= 4 is 23.2 Å². The summed E-state index contributed by atoms with van der Waals surface area (Å²) in [5.41, 5.74) is 10.1. The molecule has 0 aromatic heterocycles. The third-order valence-electron chi connectivity index (χ3n) is 3.96. The van der Waals surface area contributed by atoms with Crippen molar-refractivity contribution in [1.82, 2.24) is 0 Å². The summed E-state index contributed by atoms with van der Waals surface area (Å²) >= 11 is 12.1. The van der Waals surface area contributed by atoms with E-state index in [1.807, 2.05) is 18.2 Å². The van der Waals surface area contributed by atoms with E-state index in [-0.39, 0.29) is 5.54 Å². The molecule has 0 radical (unpaired) electrons. The Morgan fingerprint density at radius 3 is 2.42 bits per heavy atom.